The molecule has 0 saturated carbocycles. The number of rotatable bonds is 2. The fraction of sp³-hybridized carbons (Fsp3) is 0.333. The van der Waals surface area contributed by atoms with Gasteiger partial charge in [0.05, 0.1) is 6.54 Å². The molecule has 3 heteroatoms. The molecule has 0 spiro atoms. The van der Waals surface area contributed by atoms with Crippen LogP contribution in [0.5, 0.6) is 0 Å². The van der Waals surface area contributed by atoms with Gasteiger partial charge >= 0.3 is 0 Å². The van der Waals surface area contributed by atoms with Crippen LogP contribution < -0.4 is 5.56 Å². The summed E-state index contributed by atoms with van der Waals surface area (Å²) in [6.45, 7) is 4.17. The van der Waals surface area contributed by atoms with Crippen LogP contribution in [0.3, 0.4) is 0 Å². The van der Waals surface area contributed by atoms with Crippen molar-refractivity contribution in [3.63, 3.8) is 0 Å². The highest BCUT2D eigenvalue weighted by atomic mass is 16.1. The van der Waals surface area contributed by atoms with Crippen molar-refractivity contribution >= 4 is 0 Å². The third kappa shape index (κ3) is 2.08. The van der Waals surface area contributed by atoms with Gasteiger partial charge in [-0.15, -0.1) is 6.42 Å². The Morgan fingerprint density at radius 1 is 1.53 bits per heavy atom. The zero-order chi connectivity index (χ0) is 11.4. The molecule has 0 aliphatic carbocycles. The quantitative estimate of drug-likeness (QED) is 0.679. The third-order valence-corrected chi connectivity index (χ3v) is 2.17. The first-order chi connectivity index (χ1) is 7.11. The second-order valence-electron chi connectivity index (χ2n) is 3.53. The largest absolute Gasteiger partial charge is 0.300 e. The van der Waals surface area contributed by atoms with E-state index in [-0.39, 0.29) is 23.6 Å². The van der Waals surface area contributed by atoms with Gasteiger partial charge in [-0.3, -0.25) is 9.36 Å². The molecule has 0 radical (unpaired) electrons. The van der Waals surface area contributed by atoms with E-state index < -0.39 is 0 Å². The number of terminal acetylenes is 1. The topological polar surface area (TPSA) is 45.8 Å². The van der Waals surface area contributed by atoms with Crippen molar-refractivity contribution in [1.82, 2.24) is 4.57 Å². The first-order valence-electron chi connectivity index (χ1n) is 4.69. The Kier molecular flexibility index (Phi) is 3.31. The van der Waals surface area contributed by atoms with Crippen LogP contribution in [-0.2, 0) is 6.54 Å². The number of hydrogen-bond acceptors (Lipinski definition) is 2. The van der Waals surface area contributed by atoms with Crippen LogP contribution >= 0.6 is 0 Å². The second kappa shape index (κ2) is 4.48. The van der Waals surface area contributed by atoms with Gasteiger partial charge in [0.15, 0.2) is 0 Å². The lowest BCUT2D eigenvalue weighted by Crippen LogP contribution is -2.25. The molecule has 1 rings (SSSR count). The minimum absolute atomic E-state index is 0.134. The fourth-order valence-corrected chi connectivity index (χ4v) is 1.44. The number of aromatic nitrogens is 1. The Bertz CT molecular complexity index is 498. The summed E-state index contributed by atoms with van der Waals surface area (Å²) in [6, 6.07) is 5.18. The van der Waals surface area contributed by atoms with E-state index in [1.807, 2.05) is 19.9 Å². The first kappa shape index (κ1) is 11.1. The Hall–Kier alpha value is -2.00. The molecule has 3 nitrogen and oxygen atoms in total. The van der Waals surface area contributed by atoms with E-state index in [1.54, 1.807) is 12.1 Å². The summed E-state index contributed by atoms with van der Waals surface area (Å²) >= 11 is 0. The van der Waals surface area contributed by atoms with Gasteiger partial charge in [0.25, 0.3) is 5.56 Å². The average Bonchev–Trinajstić information content (AvgIpc) is 2.20. The van der Waals surface area contributed by atoms with Crippen LogP contribution in [0.25, 0.3) is 0 Å². The molecule has 1 aromatic heterocycles. The van der Waals surface area contributed by atoms with Gasteiger partial charge < -0.3 is 0 Å². The van der Waals surface area contributed by atoms with Gasteiger partial charge in [0.1, 0.15) is 11.6 Å². The van der Waals surface area contributed by atoms with Gasteiger partial charge in [-0.25, -0.2) is 0 Å². The monoisotopic (exact) mass is 200 g/mol. The van der Waals surface area contributed by atoms with Crippen molar-refractivity contribution in [2.75, 3.05) is 0 Å². The SMILES string of the molecule is C#CCn1c(C(C)C)ccc(C#N)c1=O. The van der Waals surface area contributed by atoms with Gasteiger partial charge in [0, 0.05) is 5.69 Å². The van der Waals surface area contributed by atoms with Gasteiger partial charge in [0.2, 0.25) is 0 Å². The van der Waals surface area contributed by atoms with Crippen LogP contribution in [0, 0.1) is 23.7 Å². The van der Waals surface area contributed by atoms with Crippen LogP contribution in [-0.4, -0.2) is 4.57 Å². The number of hydrogen-bond donors (Lipinski definition) is 0. The van der Waals surface area contributed by atoms with Crippen LogP contribution in [0.1, 0.15) is 31.0 Å². The summed E-state index contributed by atoms with van der Waals surface area (Å²) in [4.78, 5) is 11.8. The molecule has 0 aromatic carbocycles. The fourth-order valence-electron chi connectivity index (χ4n) is 1.44. The molecular weight excluding hydrogens is 188 g/mol. The van der Waals surface area contributed by atoms with Crippen molar-refractivity contribution in [2.24, 2.45) is 0 Å². The number of pyridine rings is 1. The molecule has 0 fully saturated rings. The Morgan fingerprint density at radius 2 is 2.20 bits per heavy atom. The van der Waals surface area contributed by atoms with Crippen LogP contribution in [0.15, 0.2) is 16.9 Å². The van der Waals surface area contributed by atoms with Crippen molar-refractivity contribution in [3.05, 3.63) is 33.7 Å². The molecule has 0 aliphatic rings. The predicted octanol–water partition coefficient (Wildman–Crippen LogP) is 1.48. The van der Waals surface area contributed by atoms with Crippen molar-refractivity contribution in [2.45, 2.75) is 26.3 Å². The first-order valence-corrected chi connectivity index (χ1v) is 4.69. The zero-order valence-corrected chi connectivity index (χ0v) is 8.82. The van der Waals surface area contributed by atoms with E-state index >= 15 is 0 Å². The smallest absolute Gasteiger partial charge is 0.269 e. The second-order valence-corrected chi connectivity index (χ2v) is 3.53. The average molecular weight is 200 g/mol. The minimum atomic E-state index is -0.304. The Labute approximate surface area is 89.0 Å². The summed E-state index contributed by atoms with van der Waals surface area (Å²) < 4.78 is 1.48. The maximum Gasteiger partial charge on any atom is 0.269 e. The summed E-state index contributed by atoms with van der Waals surface area (Å²) in [7, 11) is 0. The van der Waals surface area contributed by atoms with Crippen molar-refractivity contribution < 1.29 is 0 Å². The molecule has 0 unspecified atom stereocenters. The normalized spacial score (nSPS) is 9.67. The summed E-state index contributed by atoms with van der Waals surface area (Å²) in [5.41, 5.74) is 0.688. The van der Waals surface area contributed by atoms with Crippen LogP contribution in [0.4, 0.5) is 0 Å². The molecule has 15 heavy (non-hydrogen) atoms. The molecule has 0 amide bonds. The maximum absolute atomic E-state index is 11.8. The third-order valence-electron chi connectivity index (χ3n) is 2.17. The Balaban J connectivity index is 3.48. The highest BCUT2D eigenvalue weighted by molar-refractivity contribution is 5.29. The standard InChI is InChI=1S/C12H12N2O/c1-4-7-14-11(9(2)3)6-5-10(8-13)12(14)15/h1,5-6,9H,7H2,2-3H3. The van der Waals surface area contributed by atoms with Gasteiger partial charge in [-0.2, -0.15) is 5.26 Å². The summed E-state index contributed by atoms with van der Waals surface area (Å²) in [6.07, 6.45) is 5.20. The molecule has 0 saturated heterocycles. The van der Waals surface area contributed by atoms with Gasteiger partial charge in [-0.05, 0) is 18.1 Å². The van der Waals surface area contributed by atoms with E-state index in [1.165, 1.54) is 4.57 Å². The molecule has 1 aromatic rings. The lowest BCUT2D eigenvalue weighted by Gasteiger charge is -2.13. The number of nitrogens with zero attached hydrogens (tertiary/aromatic N) is 2. The molecular formula is C12H12N2O. The van der Waals surface area contributed by atoms with Crippen LogP contribution in [0.2, 0.25) is 0 Å². The van der Waals surface area contributed by atoms with E-state index in [0.29, 0.717) is 0 Å². The van der Waals surface area contributed by atoms with E-state index in [9.17, 15) is 4.79 Å². The van der Waals surface area contributed by atoms with Crippen molar-refractivity contribution in [1.29, 1.82) is 5.26 Å². The lowest BCUT2D eigenvalue weighted by atomic mass is 10.1. The summed E-state index contributed by atoms with van der Waals surface area (Å²) in [5.74, 6) is 2.63. The van der Waals surface area contributed by atoms with E-state index in [4.69, 9.17) is 11.7 Å². The molecule has 76 valence electrons. The molecule has 0 aliphatic heterocycles. The highest BCUT2D eigenvalue weighted by Crippen LogP contribution is 2.12. The Morgan fingerprint density at radius 3 is 2.67 bits per heavy atom. The minimum Gasteiger partial charge on any atom is -0.300 e. The molecule has 0 atom stereocenters. The maximum atomic E-state index is 11.8. The number of nitriles is 1. The van der Waals surface area contributed by atoms with Crippen molar-refractivity contribution in [3.8, 4) is 18.4 Å². The lowest BCUT2D eigenvalue weighted by molar-refractivity contribution is 0.675. The zero-order valence-electron chi connectivity index (χ0n) is 8.82. The molecule has 0 bridgehead atoms. The predicted molar refractivity (Wildman–Crippen MR) is 58.3 cm³/mol. The van der Waals surface area contributed by atoms with E-state index in [2.05, 4.69) is 5.92 Å². The summed E-state index contributed by atoms with van der Waals surface area (Å²) in [5, 5.41) is 8.73. The highest BCUT2D eigenvalue weighted by Gasteiger charge is 2.09. The molecule has 0 N–H and O–H groups in total. The van der Waals surface area contributed by atoms with Gasteiger partial charge in [-0.1, -0.05) is 19.8 Å². The van der Waals surface area contributed by atoms with E-state index in [0.717, 1.165) is 5.69 Å². The molecule has 1 heterocycles.